The molecule has 0 saturated carbocycles. The van der Waals surface area contributed by atoms with E-state index in [1.807, 2.05) is 0 Å². The number of alkyl carbamates (subject to hydrolysis) is 1. The lowest BCUT2D eigenvalue weighted by Gasteiger charge is -2.19. The molecule has 1 aromatic carbocycles. The first-order chi connectivity index (χ1) is 10.7. The quantitative estimate of drug-likeness (QED) is 0.518. The first-order valence-electron chi connectivity index (χ1n) is 6.67. The van der Waals surface area contributed by atoms with Crippen molar-refractivity contribution in [2.24, 2.45) is 0 Å². The van der Waals surface area contributed by atoms with Gasteiger partial charge in [-0.15, -0.1) is 5.10 Å². The lowest BCUT2D eigenvalue weighted by Crippen LogP contribution is -2.36. The van der Waals surface area contributed by atoms with E-state index in [0.29, 0.717) is 11.0 Å². The van der Waals surface area contributed by atoms with Crippen molar-refractivity contribution >= 4 is 40.0 Å². The van der Waals surface area contributed by atoms with Crippen molar-refractivity contribution in [3.8, 4) is 0 Å². The molecule has 10 heteroatoms. The van der Waals surface area contributed by atoms with Crippen LogP contribution >= 0.6 is 12.2 Å². The summed E-state index contributed by atoms with van der Waals surface area (Å²) in [6, 6.07) is 4.15. The molecule has 1 heterocycles. The molecule has 1 amide bonds. The van der Waals surface area contributed by atoms with Crippen LogP contribution in [0, 0.1) is 10.1 Å². The second kappa shape index (κ2) is 6.24. The van der Waals surface area contributed by atoms with Crippen molar-refractivity contribution in [1.29, 1.82) is 0 Å². The van der Waals surface area contributed by atoms with Gasteiger partial charge in [-0.25, -0.2) is 9.48 Å². The van der Waals surface area contributed by atoms with E-state index in [2.05, 4.69) is 15.6 Å². The Morgan fingerprint density at radius 1 is 1.48 bits per heavy atom. The Morgan fingerprint density at radius 3 is 2.78 bits per heavy atom. The second-order valence-electron chi connectivity index (χ2n) is 5.68. The first-order valence-corrected chi connectivity index (χ1v) is 7.08. The highest BCUT2D eigenvalue weighted by Crippen LogP contribution is 2.18. The highest BCUT2D eigenvalue weighted by Gasteiger charge is 2.18. The number of benzene rings is 1. The second-order valence-corrected chi connectivity index (χ2v) is 6.15. The number of nitro benzene ring substituents is 1. The zero-order valence-electron chi connectivity index (χ0n) is 12.8. The van der Waals surface area contributed by atoms with Crippen LogP contribution in [0.5, 0.6) is 0 Å². The molecule has 0 saturated heterocycles. The van der Waals surface area contributed by atoms with Gasteiger partial charge in [-0.3, -0.25) is 10.1 Å². The normalized spacial score (nSPS) is 11.3. The van der Waals surface area contributed by atoms with E-state index < -0.39 is 16.6 Å². The van der Waals surface area contributed by atoms with Gasteiger partial charge >= 0.3 is 6.09 Å². The van der Waals surface area contributed by atoms with E-state index in [9.17, 15) is 14.9 Å². The number of ether oxygens (including phenoxy) is 1. The lowest BCUT2D eigenvalue weighted by molar-refractivity contribution is -0.384. The van der Waals surface area contributed by atoms with Gasteiger partial charge in [0.15, 0.2) is 0 Å². The van der Waals surface area contributed by atoms with Crippen LogP contribution in [0.4, 0.5) is 10.5 Å². The average molecular weight is 337 g/mol. The SMILES string of the molecule is CC(C)(C)OC(=O)NCC(=S)n1nnc2ccc([N+](=O)[O-])cc21. The molecule has 2 aromatic rings. The summed E-state index contributed by atoms with van der Waals surface area (Å²) in [5, 5.41) is 21.1. The van der Waals surface area contributed by atoms with Crippen LogP contribution < -0.4 is 5.32 Å². The van der Waals surface area contributed by atoms with E-state index in [1.165, 1.54) is 22.9 Å². The molecule has 1 aromatic heterocycles. The number of hydrogen-bond acceptors (Lipinski definition) is 7. The molecule has 0 bridgehead atoms. The third kappa shape index (κ3) is 4.19. The number of hydrogen-bond donors (Lipinski definition) is 1. The van der Waals surface area contributed by atoms with Gasteiger partial charge in [-0.2, -0.15) is 0 Å². The predicted octanol–water partition coefficient (Wildman–Crippen LogP) is 2.04. The maximum absolute atomic E-state index is 11.6. The fourth-order valence-corrected chi connectivity index (χ4v) is 1.95. The van der Waals surface area contributed by atoms with E-state index in [1.54, 1.807) is 20.8 Å². The summed E-state index contributed by atoms with van der Waals surface area (Å²) < 4.78 is 6.37. The molecule has 0 radical (unpaired) electrons. The van der Waals surface area contributed by atoms with Crippen molar-refractivity contribution in [2.45, 2.75) is 26.4 Å². The smallest absolute Gasteiger partial charge is 0.408 e. The van der Waals surface area contributed by atoms with E-state index in [0.717, 1.165) is 0 Å². The van der Waals surface area contributed by atoms with E-state index in [4.69, 9.17) is 17.0 Å². The highest BCUT2D eigenvalue weighted by molar-refractivity contribution is 7.80. The number of nitrogens with one attached hydrogen (secondary N) is 1. The molecule has 0 aliphatic carbocycles. The molecule has 0 unspecified atom stereocenters. The molecule has 23 heavy (non-hydrogen) atoms. The van der Waals surface area contributed by atoms with Crippen LogP contribution in [-0.2, 0) is 4.74 Å². The Labute approximate surface area is 136 Å². The number of fused-ring (bicyclic) bond motifs is 1. The number of carbonyl (C=O) groups is 1. The van der Waals surface area contributed by atoms with Gasteiger partial charge in [0.25, 0.3) is 5.69 Å². The zero-order chi connectivity index (χ0) is 17.2. The van der Waals surface area contributed by atoms with Gasteiger partial charge in [0, 0.05) is 12.1 Å². The fraction of sp³-hybridized carbons (Fsp3) is 0.385. The van der Waals surface area contributed by atoms with Crippen molar-refractivity contribution < 1.29 is 14.5 Å². The third-order valence-electron chi connectivity index (χ3n) is 2.66. The maximum Gasteiger partial charge on any atom is 0.408 e. The fourth-order valence-electron chi connectivity index (χ4n) is 1.74. The van der Waals surface area contributed by atoms with Gasteiger partial charge in [-0.05, 0) is 26.8 Å². The Hall–Kier alpha value is -2.62. The molecule has 0 spiro atoms. The molecular formula is C13H15N5O4S. The first kappa shape index (κ1) is 16.7. The minimum Gasteiger partial charge on any atom is -0.444 e. The molecule has 0 aliphatic heterocycles. The van der Waals surface area contributed by atoms with Crippen LogP contribution in [0.25, 0.3) is 11.0 Å². The van der Waals surface area contributed by atoms with Crippen molar-refractivity contribution in [2.75, 3.05) is 6.54 Å². The highest BCUT2D eigenvalue weighted by atomic mass is 32.1. The Kier molecular flexibility index (Phi) is 4.55. The Morgan fingerprint density at radius 2 is 2.17 bits per heavy atom. The van der Waals surface area contributed by atoms with E-state index >= 15 is 0 Å². The number of aromatic nitrogens is 3. The van der Waals surface area contributed by atoms with Crippen LogP contribution in [-0.4, -0.2) is 43.1 Å². The summed E-state index contributed by atoms with van der Waals surface area (Å²) >= 11 is 5.19. The van der Waals surface area contributed by atoms with Gasteiger partial charge in [-0.1, -0.05) is 17.4 Å². The number of amides is 1. The van der Waals surface area contributed by atoms with Crippen LogP contribution in [0.1, 0.15) is 20.8 Å². The molecule has 2 rings (SSSR count). The number of rotatable bonds is 3. The largest absolute Gasteiger partial charge is 0.444 e. The minimum absolute atomic E-state index is 0.00853. The van der Waals surface area contributed by atoms with Gasteiger partial charge in [0.1, 0.15) is 21.6 Å². The van der Waals surface area contributed by atoms with Crippen molar-refractivity contribution in [3.05, 3.63) is 28.3 Å². The maximum atomic E-state index is 11.6. The summed E-state index contributed by atoms with van der Waals surface area (Å²) in [4.78, 5) is 22.2. The summed E-state index contributed by atoms with van der Waals surface area (Å²) in [6.07, 6.45) is -0.616. The van der Waals surface area contributed by atoms with Crippen molar-refractivity contribution in [3.63, 3.8) is 0 Å². The molecule has 122 valence electrons. The van der Waals surface area contributed by atoms with Gasteiger partial charge in [0.2, 0.25) is 0 Å². The Balaban J connectivity index is 2.13. The lowest BCUT2D eigenvalue weighted by atomic mass is 10.2. The average Bonchev–Trinajstić information content (AvgIpc) is 2.85. The zero-order valence-corrected chi connectivity index (χ0v) is 13.6. The topological polar surface area (TPSA) is 112 Å². The van der Waals surface area contributed by atoms with E-state index in [-0.39, 0.29) is 17.2 Å². The number of nitrogens with zero attached hydrogens (tertiary/aromatic N) is 4. The standard InChI is InChI=1S/C13H15N5O4S/c1-13(2,3)22-12(19)14-7-11(23)17-10-6-8(18(20)21)4-5-9(10)15-16-17/h4-6H,7H2,1-3H3,(H,14,19). The predicted molar refractivity (Wildman–Crippen MR) is 86.4 cm³/mol. The number of nitro groups is 1. The molecule has 0 aliphatic rings. The molecular weight excluding hydrogens is 322 g/mol. The monoisotopic (exact) mass is 337 g/mol. The van der Waals surface area contributed by atoms with Crippen LogP contribution in [0.15, 0.2) is 18.2 Å². The summed E-state index contributed by atoms with van der Waals surface area (Å²) in [5.74, 6) is 0. The summed E-state index contributed by atoms with van der Waals surface area (Å²) in [5.41, 5.74) is 0.154. The molecule has 1 N–H and O–H groups in total. The van der Waals surface area contributed by atoms with Gasteiger partial charge < -0.3 is 10.1 Å². The Bertz CT molecular complexity index is 780. The minimum atomic E-state index is -0.619. The molecule has 0 fully saturated rings. The van der Waals surface area contributed by atoms with Gasteiger partial charge in [0.05, 0.1) is 11.5 Å². The summed E-state index contributed by atoms with van der Waals surface area (Å²) in [7, 11) is 0. The number of non-ortho nitro benzene ring substituents is 1. The molecule has 0 atom stereocenters. The number of thiocarbonyl (C=S) groups is 1. The molecule has 9 nitrogen and oxygen atoms in total. The van der Waals surface area contributed by atoms with Crippen LogP contribution in [0.2, 0.25) is 0 Å². The van der Waals surface area contributed by atoms with Crippen molar-refractivity contribution in [1.82, 2.24) is 20.3 Å². The third-order valence-corrected chi connectivity index (χ3v) is 2.98. The summed E-state index contributed by atoms with van der Waals surface area (Å²) in [6.45, 7) is 5.23. The number of carbonyl (C=O) groups excluding carboxylic acids is 1. The van der Waals surface area contributed by atoms with Crippen LogP contribution in [0.3, 0.4) is 0 Å².